The van der Waals surface area contributed by atoms with Crippen molar-refractivity contribution >= 4 is 16.7 Å². The second-order valence-electron chi connectivity index (χ2n) is 5.81. The minimum atomic E-state index is -0.0404. The van der Waals surface area contributed by atoms with Gasteiger partial charge in [0.25, 0.3) is 5.91 Å². The van der Waals surface area contributed by atoms with Gasteiger partial charge in [0.2, 0.25) is 0 Å². The summed E-state index contributed by atoms with van der Waals surface area (Å²) in [7, 11) is 0. The van der Waals surface area contributed by atoms with Crippen molar-refractivity contribution in [1.82, 2.24) is 10.3 Å². The average Bonchev–Trinajstić information content (AvgIpc) is 2.49. The van der Waals surface area contributed by atoms with Gasteiger partial charge in [0, 0.05) is 17.6 Å². The number of pyridine rings is 1. The number of fused-ring (bicyclic) bond motifs is 1. The fraction of sp³-hybridized carbons (Fsp3) is 0.412. The molecular formula is C17H20N2O. The largest absolute Gasteiger partial charge is 0.348 e. The number of nitrogens with zero attached hydrogens (tertiary/aromatic N) is 1. The van der Waals surface area contributed by atoms with Crippen LogP contribution in [0.25, 0.3) is 10.8 Å². The summed E-state index contributed by atoms with van der Waals surface area (Å²) in [6.07, 6.45) is 6.28. The first-order valence-corrected chi connectivity index (χ1v) is 7.38. The molecule has 1 amide bonds. The number of hydrogen-bond donors (Lipinski definition) is 1. The number of carbonyl (C=O) groups is 1. The van der Waals surface area contributed by atoms with Crippen LogP contribution in [0.3, 0.4) is 0 Å². The average molecular weight is 268 g/mol. The molecule has 1 N–H and O–H groups in total. The van der Waals surface area contributed by atoms with Gasteiger partial charge in [-0.3, -0.25) is 9.78 Å². The van der Waals surface area contributed by atoms with Crippen LogP contribution in [0.2, 0.25) is 0 Å². The lowest BCUT2D eigenvalue weighted by atomic mass is 9.87. The van der Waals surface area contributed by atoms with Gasteiger partial charge in [0.1, 0.15) is 5.69 Å². The first-order chi connectivity index (χ1) is 9.74. The van der Waals surface area contributed by atoms with Gasteiger partial charge in [-0.15, -0.1) is 0 Å². The molecule has 1 aliphatic carbocycles. The fourth-order valence-corrected chi connectivity index (χ4v) is 2.96. The number of amides is 1. The van der Waals surface area contributed by atoms with Gasteiger partial charge < -0.3 is 5.32 Å². The standard InChI is InChI=1S/C17H20N2O/c1-12-6-8-14(9-7-12)19-17(20)16-15-5-3-2-4-13(15)10-11-18-16/h2-5,10-12,14H,6-9H2,1H3,(H,19,20). The van der Waals surface area contributed by atoms with E-state index >= 15 is 0 Å². The molecule has 2 aromatic rings. The van der Waals surface area contributed by atoms with Crippen molar-refractivity contribution in [1.29, 1.82) is 0 Å². The molecule has 0 bridgehead atoms. The predicted molar refractivity (Wildman–Crippen MR) is 80.6 cm³/mol. The molecule has 3 rings (SSSR count). The van der Waals surface area contributed by atoms with Crippen molar-refractivity contribution in [3.05, 3.63) is 42.2 Å². The molecule has 3 nitrogen and oxygen atoms in total. The normalized spacial score (nSPS) is 22.6. The molecule has 3 heteroatoms. The zero-order valence-corrected chi connectivity index (χ0v) is 11.8. The van der Waals surface area contributed by atoms with Crippen LogP contribution in [0, 0.1) is 5.92 Å². The third kappa shape index (κ3) is 2.67. The van der Waals surface area contributed by atoms with Gasteiger partial charge in [-0.05, 0) is 43.1 Å². The monoisotopic (exact) mass is 268 g/mol. The van der Waals surface area contributed by atoms with Crippen LogP contribution in [0.4, 0.5) is 0 Å². The van der Waals surface area contributed by atoms with E-state index in [1.54, 1.807) is 6.20 Å². The lowest BCUT2D eigenvalue weighted by Crippen LogP contribution is -2.37. The van der Waals surface area contributed by atoms with Crippen LogP contribution >= 0.6 is 0 Å². The third-order valence-electron chi connectivity index (χ3n) is 4.24. The van der Waals surface area contributed by atoms with Gasteiger partial charge in [-0.2, -0.15) is 0 Å². The molecule has 0 atom stereocenters. The second kappa shape index (κ2) is 5.61. The summed E-state index contributed by atoms with van der Waals surface area (Å²) >= 11 is 0. The first-order valence-electron chi connectivity index (χ1n) is 7.38. The smallest absolute Gasteiger partial charge is 0.270 e. The number of carbonyl (C=O) groups excluding carboxylic acids is 1. The van der Waals surface area contributed by atoms with Crippen molar-refractivity contribution in [2.75, 3.05) is 0 Å². The van der Waals surface area contributed by atoms with Crippen molar-refractivity contribution in [2.24, 2.45) is 5.92 Å². The molecule has 1 fully saturated rings. The summed E-state index contributed by atoms with van der Waals surface area (Å²) < 4.78 is 0. The van der Waals surface area contributed by atoms with Crippen LogP contribution in [0.5, 0.6) is 0 Å². The van der Waals surface area contributed by atoms with E-state index in [0.717, 1.165) is 29.5 Å². The number of benzene rings is 1. The van der Waals surface area contributed by atoms with Gasteiger partial charge in [-0.1, -0.05) is 31.2 Å². The second-order valence-corrected chi connectivity index (χ2v) is 5.81. The Morgan fingerprint density at radius 1 is 1.15 bits per heavy atom. The number of rotatable bonds is 2. The van der Waals surface area contributed by atoms with Crippen molar-refractivity contribution in [3.8, 4) is 0 Å². The van der Waals surface area contributed by atoms with Gasteiger partial charge in [0.05, 0.1) is 0 Å². The number of aromatic nitrogens is 1. The summed E-state index contributed by atoms with van der Waals surface area (Å²) in [6.45, 7) is 2.28. The Morgan fingerprint density at radius 2 is 1.90 bits per heavy atom. The molecule has 1 aliphatic rings. The number of nitrogens with one attached hydrogen (secondary N) is 1. The van der Waals surface area contributed by atoms with Crippen LogP contribution in [0.1, 0.15) is 43.1 Å². The van der Waals surface area contributed by atoms with E-state index in [-0.39, 0.29) is 5.91 Å². The molecular weight excluding hydrogens is 248 g/mol. The summed E-state index contributed by atoms with van der Waals surface area (Å²) in [5, 5.41) is 5.13. The molecule has 20 heavy (non-hydrogen) atoms. The maximum absolute atomic E-state index is 12.4. The Hall–Kier alpha value is -1.90. The molecule has 1 saturated carbocycles. The molecule has 104 valence electrons. The van der Waals surface area contributed by atoms with E-state index in [1.165, 1.54) is 12.8 Å². The van der Waals surface area contributed by atoms with Crippen molar-refractivity contribution < 1.29 is 4.79 Å². The Kier molecular flexibility index (Phi) is 3.68. The Morgan fingerprint density at radius 3 is 2.70 bits per heavy atom. The molecule has 0 unspecified atom stereocenters. The highest BCUT2D eigenvalue weighted by Crippen LogP contribution is 2.24. The lowest BCUT2D eigenvalue weighted by molar-refractivity contribution is 0.0920. The highest BCUT2D eigenvalue weighted by molar-refractivity contribution is 6.05. The third-order valence-corrected chi connectivity index (χ3v) is 4.24. The topological polar surface area (TPSA) is 42.0 Å². The van der Waals surface area contributed by atoms with E-state index in [1.807, 2.05) is 30.3 Å². The quantitative estimate of drug-likeness (QED) is 0.905. The Labute approximate surface area is 119 Å². The molecule has 1 aromatic heterocycles. The first kappa shape index (κ1) is 13.1. The number of hydrogen-bond acceptors (Lipinski definition) is 2. The lowest BCUT2D eigenvalue weighted by Gasteiger charge is -2.26. The van der Waals surface area contributed by atoms with Crippen LogP contribution in [0.15, 0.2) is 36.5 Å². The summed E-state index contributed by atoms with van der Waals surface area (Å²) in [6, 6.07) is 10.1. The molecule has 0 saturated heterocycles. The molecule has 0 radical (unpaired) electrons. The van der Waals surface area contributed by atoms with Crippen molar-refractivity contribution in [3.63, 3.8) is 0 Å². The minimum absolute atomic E-state index is 0.0404. The minimum Gasteiger partial charge on any atom is -0.348 e. The van der Waals surface area contributed by atoms with E-state index in [0.29, 0.717) is 11.7 Å². The summed E-state index contributed by atoms with van der Waals surface area (Å²) in [5.74, 6) is 0.750. The zero-order valence-electron chi connectivity index (χ0n) is 11.8. The Bertz CT molecular complexity index is 610. The molecule has 1 aromatic carbocycles. The molecule has 1 heterocycles. The SMILES string of the molecule is CC1CCC(NC(=O)c2nccc3ccccc23)CC1. The van der Waals surface area contributed by atoms with Gasteiger partial charge >= 0.3 is 0 Å². The predicted octanol–water partition coefficient (Wildman–Crippen LogP) is 3.54. The van der Waals surface area contributed by atoms with Crippen LogP contribution < -0.4 is 5.32 Å². The molecule has 0 aliphatic heterocycles. The summed E-state index contributed by atoms with van der Waals surface area (Å²) in [5.41, 5.74) is 0.543. The van der Waals surface area contributed by atoms with E-state index in [9.17, 15) is 4.79 Å². The zero-order chi connectivity index (χ0) is 13.9. The van der Waals surface area contributed by atoms with E-state index in [2.05, 4.69) is 17.2 Å². The van der Waals surface area contributed by atoms with Crippen LogP contribution in [-0.2, 0) is 0 Å². The Balaban J connectivity index is 1.79. The maximum Gasteiger partial charge on any atom is 0.270 e. The summed E-state index contributed by atoms with van der Waals surface area (Å²) in [4.78, 5) is 16.7. The van der Waals surface area contributed by atoms with Gasteiger partial charge in [-0.25, -0.2) is 0 Å². The van der Waals surface area contributed by atoms with Crippen molar-refractivity contribution in [2.45, 2.75) is 38.6 Å². The van der Waals surface area contributed by atoms with Gasteiger partial charge in [0.15, 0.2) is 0 Å². The van der Waals surface area contributed by atoms with Crippen LogP contribution in [-0.4, -0.2) is 16.9 Å². The van der Waals surface area contributed by atoms with E-state index < -0.39 is 0 Å². The highest BCUT2D eigenvalue weighted by atomic mass is 16.1. The van der Waals surface area contributed by atoms with E-state index in [4.69, 9.17) is 0 Å². The highest BCUT2D eigenvalue weighted by Gasteiger charge is 2.21. The molecule has 0 spiro atoms. The fourth-order valence-electron chi connectivity index (χ4n) is 2.96. The maximum atomic E-state index is 12.4.